The first-order valence-corrected chi connectivity index (χ1v) is 9.99. The first-order valence-electron chi connectivity index (χ1n) is 8.28. The number of carboxylic acids is 1. The fourth-order valence-corrected chi connectivity index (χ4v) is 3.50. The minimum absolute atomic E-state index is 0.117. The third-order valence-electron chi connectivity index (χ3n) is 3.77. The van der Waals surface area contributed by atoms with Crippen molar-refractivity contribution in [1.82, 2.24) is 15.2 Å². The molecule has 1 aromatic heterocycles. The highest BCUT2D eigenvalue weighted by atomic mass is 32.2. The molecule has 0 aromatic carbocycles. The average molecular weight is 462 g/mol. The lowest BCUT2D eigenvalue weighted by Crippen LogP contribution is -2.37. The molecule has 1 aliphatic rings. The molecule has 2 rings (SSSR count). The highest BCUT2D eigenvalue weighted by Crippen LogP contribution is 2.19. The number of oxime groups is 1. The van der Waals surface area contributed by atoms with Gasteiger partial charge in [-0.25, -0.2) is 17.8 Å². The number of carboxylic acid groups (broad SMARTS) is 1. The number of amidine groups is 1. The third kappa shape index (κ3) is 7.73. The van der Waals surface area contributed by atoms with Crippen LogP contribution in [-0.2, 0) is 19.4 Å². The Morgan fingerprint density at radius 1 is 1.30 bits per heavy atom. The van der Waals surface area contributed by atoms with Crippen LogP contribution in [0.25, 0.3) is 0 Å². The summed E-state index contributed by atoms with van der Waals surface area (Å²) in [4.78, 5) is 11.0. The lowest BCUT2D eigenvalue weighted by atomic mass is 10.3. The Balaban J connectivity index is 0.000000553. The number of nitrogens with zero attached hydrogens (tertiary/aromatic N) is 4. The molecule has 1 aliphatic heterocycles. The van der Waals surface area contributed by atoms with Gasteiger partial charge < -0.3 is 26.5 Å². The van der Waals surface area contributed by atoms with Crippen LogP contribution in [0.2, 0.25) is 0 Å². The van der Waals surface area contributed by atoms with Crippen molar-refractivity contribution in [3.05, 3.63) is 11.4 Å². The zero-order chi connectivity index (χ0) is 22.9. The number of sulfone groups is 1. The Labute approximate surface area is 168 Å². The van der Waals surface area contributed by atoms with Crippen molar-refractivity contribution in [2.75, 3.05) is 38.6 Å². The first kappa shape index (κ1) is 25.5. The first-order chi connectivity index (χ1) is 13.9. The Morgan fingerprint density at radius 3 is 2.37 bits per heavy atom. The van der Waals surface area contributed by atoms with Crippen LogP contribution in [0.4, 0.5) is 13.2 Å². The molecule has 1 unspecified atom stereocenters. The van der Waals surface area contributed by atoms with Crippen LogP contribution >= 0.6 is 0 Å². The van der Waals surface area contributed by atoms with E-state index < -0.39 is 33.2 Å². The van der Waals surface area contributed by atoms with Crippen LogP contribution in [-0.4, -0.2) is 90.5 Å². The summed E-state index contributed by atoms with van der Waals surface area (Å²) in [5.41, 5.74) is 10.8. The summed E-state index contributed by atoms with van der Waals surface area (Å²) in [7, 11) is -3.68. The summed E-state index contributed by atoms with van der Waals surface area (Å²) < 4.78 is 66.0. The van der Waals surface area contributed by atoms with Gasteiger partial charge in [0.1, 0.15) is 5.69 Å². The second-order valence-corrected chi connectivity index (χ2v) is 8.12. The van der Waals surface area contributed by atoms with E-state index in [2.05, 4.69) is 25.0 Å². The topological polar surface area (TPSA) is 207 Å². The zero-order valence-electron chi connectivity index (χ0n) is 15.4. The lowest BCUT2D eigenvalue weighted by molar-refractivity contribution is -0.192. The van der Waals surface area contributed by atoms with Gasteiger partial charge in [-0.3, -0.25) is 4.90 Å². The number of aliphatic carboxylic acids is 1. The van der Waals surface area contributed by atoms with E-state index in [1.54, 1.807) is 0 Å². The smallest absolute Gasteiger partial charge is 0.475 e. The van der Waals surface area contributed by atoms with E-state index in [1.807, 2.05) is 0 Å². The molecule has 0 saturated carbocycles. The van der Waals surface area contributed by atoms with Crippen molar-refractivity contribution in [3.8, 4) is 0 Å². The number of rotatable bonds is 7. The van der Waals surface area contributed by atoms with Crippen LogP contribution in [0.3, 0.4) is 0 Å². The average Bonchev–Trinajstić information content (AvgIpc) is 3.16. The van der Waals surface area contributed by atoms with E-state index in [4.69, 9.17) is 31.3 Å². The van der Waals surface area contributed by atoms with E-state index in [-0.39, 0.29) is 17.1 Å². The van der Waals surface area contributed by atoms with Crippen molar-refractivity contribution < 1.29 is 46.1 Å². The van der Waals surface area contributed by atoms with Gasteiger partial charge in [-0.2, -0.15) is 13.2 Å². The maximum absolute atomic E-state index is 12.3. The maximum Gasteiger partial charge on any atom is 0.490 e. The van der Waals surface area contributed by atoms with Crippen LogP contribution in [0, 0.1) is 0 Å². The molecule has 0 radical (unpaired) electrons. The maximum atomic E-state index is 12.3. The predicted molar refractivity (Wildman–Crippen MR) is 93.1 cm³/mol. The molecule has 1 saturated heterocycles. The van der Waals surface area contributed by atoms with Crippen LogP contribution in [0.15, 0.2) is 9.78 Å². The van der Waals surface area contributed by atoms with Crippen LogP contribution in [0.5, 0.6) is 0 Å². The zero-order valence-corrected chi connectivity index (χ0v) is 16.3. The van der Waals surface area contributed by atoms with Gasteiger partial charge >= 0.3 is 12.1 Å². The fraction of sp³-hybridized carbons (Fsp3) is 0.692. The summed E-state index contributed by atoms with van der Waals surface area (Å²) in [6.45, 7) is 3.51. The second kappa shape index (κ2) is 11.0. The van der Waals surface area contributed by atoms with Crippen molar-refractivity contribution >= 4 is 21.6 Å². The molecule has 1 fully saturated rings. The van der Waals surface area contributed by atoms with Gasteiger partial charge in [0.15, 0.2) is 26.7 Å². The molecular formula is C13H21F3N6O7S. The van der Waals surface area contributed by atoms with Gasteiger partial charge in [0, 0.05) is 13.1 Å². The van der Waals surface area contributed by atoms with E-state index in [0.29, 0.717) is 26.2 Å². The summed E-state index contributed by atoms with van der Waals surface area (Å²) in [5.74, 6) is -3.29. The monoisotopic (exact) mass is 462 g/mol. The van der Waals surface area contributed by atoms with Gasteiger partial charge in [-0.1, -0.05) is 10.3 Å². The summed E-state index contributed by atoms with van der Waals surface area (Å²) in [6, 6.07) is 0. The van der Waals surface area contributed by atoms with Gasteiger partial charge in [0.2, 0.25) is 0 Å². The number of hydrogen-bond donors (Lipinski definition) is 4. The Hall–Kier alpha value is -2.50. The van der Waals surface area contributed by atoms with E-state index in [0.717, 1.165) is 13.1 Å². The molecule has 0 aliphatic carbocycles. The highest BCUT2D eigenvalue weighted by Gasteiger charge is 2.38. The minimum Gasteiger partial charge on any atom is -0.475 e. The SMILES string of the molecule is NC(=NO)c1nonc1C(N)S(=O)(=O)CCCN1CCOCC1.O=C(O)C(F)(F)F. The molecule has 13 nitrogen and oxygen atoms in total. The van der Waals surface area contributed by atoms with Gasteiger partial charge in [-0.05, 0) is 18.1 Å². The summed E-state index contributed by atoms with van der Waals surface area (Å²) >= 11 is 0. The molecule has 172 valence electrons. The quantitative estimate of drug-likeness (QED) is 0.165. The highest BCUT2D eigenvalue weighted by molar-refractivity contribution is 7.91. The van der Waals surface area contributed by atoms with Gasteiger partial charge in [0.25, 0.3) is 0 Å². The van der Waals surface area contributed by atoms with E-state index >= 15 is 0 Å². The van der Waals surface area contributed by atoms with Crippen LogP contribution in [0.1, 0.15) is 23.2 Å². The number of alkyl halides is 3. The molecule has 1 atom stereocenters. The molecule has 17 heteroatoms. The standard InChI is InChI=1S/C11H20N6O5S.C2HF3O2/c12-10(14-18)8-9(16-22-15-8)11(13)23(19,20)7-1-2-17-3-5-21-6-4-17;3-2(4,5)1(6)7/h11,18H,1-7,13H2,(H2,12,14);(H,6,7). The Kier molecular flexibility index (Phi) is 9.40. The molecule has 1 aromatic rings. The Morgan fingerprint density at radius 2 is 1.87 bits per heavy atom. The third-order valence-corrected chi connectivity index (χ3v) is 5.62. The van der Waals surface area contributed by atoms with Crippen molar-refractivity contribution in [2.45, 2.75) is 18.0 Å². The summed E-state index contributed by atoms with van der Waals surface area (Å²) in [5, 5.41) is 23.9. The second-order valence-electron chi connectivity index (χ2n) is 5.88. The number of carbonyl (C=O) groups is 1. The number of ether oxygens (including phenoxy) is 1. The lowest BCUT2D eigenvalue weighted by Gasteiger charge is -2.26. The Bertz CT molecular complexity index is 823. The van der Waals surface area contributed by atoms with Gasteiger partial charge in [-0.15, -0.1) is 0 Å². The number of aromatic nitrogens is 2. The molecule has 0 amide bonds. The molecule has 2 heterocycles. The predicted octanol–water partition coefficient (Wildman–Crippen LogP) is -1.11. The van der Waals surface area contributed by atoms with Crippen molar-refractivity contribution in [1.29, 1.82) is 0 Å². The summed E-state index contributed by atoms with van der Waals surface area (Å²) in [6.07, 6.45) is -4.65. The van der Waals surface area contributed by atoms with Crippen molar-refractivity contribution in [3.63, 3.8) is 0 Å². The number of morpholine rings is 1. The number of hydrogen-bond acceptors (Lipinski definition) is 11. The molecular weight excluding hydrogens is 441 g/mol. The van der Waals surface area contributed by atoms with E-state index in [1.165, 1.54) is 0 Å². The number of halogens is 3. The normalized spacial score (nSPS) is 17.1. The van der Waals surface area contributed by atoms with Crippen LogP contribution < -0.4 is 11.5 Å². The van der Waals surface area contributed by atoms with E-state index in [9.17, 15) is 21.6 Å². The molecule has 0 spiro atoms. The number of nitrogens with two attached hydrogens (primary N) is 2. The molecule has 6 N–H and O–H groups in total. The van der Waals surface area contributed by atoms with Crippen molar-refractivity contribution in [2.24, 2.45) is 16.6 Å². The minimum atomic E-state index is -5.08. The molecule has 30 heavy (non-hydrogen) atoms. The fourth-order valence-electron chi connectivity index (χ4n) is 2.22. The molecule has 0 bridgehead atoms. The largest absolute Gasteiger partial charge is 0.490 e. The van der Waals surface area contributed by atoms with Gasteiger partial charge in [0.05, 0.1) is 19.0 Å².